The summed E-state index contributed by atoms with van der Waals surface area (Å²) in [5, 5.41) is 3.33. The maximum Gasteiger partial charge on any atom is 0.236 e. The number of amides is 1. The van der Waals surface area contributed by atoms with Gasteiger partial charge < -0.3 is 14.6 Å². The van der Waals surface area contributed by atoms with E-state index in [1.807, 2.05) is 26.1 Å². The van der Waals surface area contributed by atoms with Gasteiger partial charge in [0.1, 0.15) is 11.5 Å². The Morgan fingerprint density at radius 3 is 3.00 bits per heavy atom. The van der Waals surface area contributed by atoms with Gasteiger partial charge in [0, 0.05) is 32.7 Å². The highest BCUT2D eigenvalue weighted by molar-refractivity contribution is 5.78. The van der Waals surface area contributed by atoms with E-state index in [0.29, 0.717) is 19.1 Å². The first-order valence-corrected chi connectivity index (χ1v) is 6.80. The average molecular weight is 265 g/mol. The molecule has 0 saturated carbocycles. The van der Waals surface area contributed by atoms with E-state index in [4.69, 9.17) is 4.42 Å². The Hall–Kier alpha value is -1.33. The average Bonchev–Trinajstić information content (AvgIpc) is 2.77. The third-order valence-electron chi connectivity index (χ3n) is 3.59. The maximum absolute atomic E-state index is 12.2. The van der Waals surface area contributed by atoms with Crippen molar-refractivity contribution in [2.45, 2.75) is 26.4 Å². The monoisotopic (exact) mass is 265 g/mol. The Morgan fingerprint density at radius 2 is 2.37 bits per heavy atom. The number of carbonyl (C=O) groups excluding carboxylic acids is 1. The van der Waals surface area contributed by atoms with Crippen LogP contribution in [-0.2, 0) is 11.3 Å². The number of aryl methyl sites for hydroxylation is 1. The molecule has 106 valence electrons. The van der Waals surface area contributed by atoms with E-state index in [1.54, 1.807) is 4.90 Å². The van der Waals surface area contributed by atoms with E-state index in [0.717, 1.165) is 31.2 Å². The largest absolute Gasteiger partial charge is 0.464 e. The van der Waals surface area contributed by atoms with Crippen molar-refractivity contribution in [3.8, 4) is 0 Å². The highest BCUT2D eigenvalue weighted by Crippen LogP contribution is 2.09. The second kappa shape index (κ2) is 6.21. The second-order valence-electron chi connectivity index (χ2n) is 5.29. The molecule has 1 aromatic heterocycles. The summed E-state index contributed by atoms with van der Waals surface area (Å²) in [5.41, 5.74) is 0. The summed E-state index contributed by atoms with van der Waals surface area (Å²) in [7, 11) is 1.83. The highest BCUT2D eigenvalue weighted by atomic mass is 16.3. The summed E-state index contributed by atoms with van der Waals surface area (Å²) in [6.45, 7) is 7.92. The van der Waals surface area contributed by atoms with Crippen LogP contribution in [0.2, 0.25) is 0 Å². The van der Waals surface area contributed by atoms with E-state index in [9.17, 15) is 4.79 Å². The molecule has 2 rings (SSSR count). The van der Waals surface area contributed by atoms with Gasteiger partial charge in [0.2, 0.25) is 5.91 Å². The SMILES string of the molecule is Cc1ccc(CN(C)C(=O)CN2CCNC[C@H]2C)o1. The lowest BCUT2D eigenvalue weighted by Gasteiger charge is -2.34. The summed E-state index contributed by atoms with van der Waals surface area (Å²) in [5.74, 6) is 1.86. The minimum absolute atomic E-state index is 0.141. The van der Waals surface area contributed by atoms with Gasteiger partial charge in [0.15, 0.2) is 0 Å². The standard InChI is InChI=1S/C14H23N3O2/c1-11-8-15-6-7-17(11)10-14(18)16(3)9-13-5-4-12(2)19-13/h4-5,11,15H,6-10H2,1-3H3/t11-/m1/s1. The fourth-order valence-corrected chi connectivity index (χ4v) is 2.30. The third-order valence-corrected chi connectivity index (χ3v) is 3.59. The zero-order chi connectivity index (χ0) is 13.8. The molecule has 2 heterocycles. The van der Waals surface area contributed by atoms with Gasteiger partial charge in [-0.05, 0) is 26.0 Å². The minimum atomic E-state index is 0.141. The van der Waals surface area contributed by atoms with Gasteiger partial charge in [-0.25, -0.2) is 0 Å². The number of likely N-dealkylation sites (N-methyl/N-ethyl adjacent to an activating group) is 1. The first-order valence-electron chi connectivity index (χ1n) is 6.80. The lowest BCUT2D eigenvalue weighted by atomic mass is 10.2. The molecule has 1 aliphatic rings. The number of hydrogen-bond donors (Lipinski definition) is 1. The van der Waals surface area contributed by atoms with Gasteiger partial charge in [0.25, 0.3) is 0 Å². The van der Waals surface area contributed by atoms with Crippen LogP contribution < -0.4 is 5.32 Å². The van der Waals surface area contributed by atoms with Crippen molar-refractivity contribution in [1.82, 2.24) is 15.1 Å². The van der Waals surface area contributed by atoms with Crippen LogP contribution in [0.5, 0.6) is 0 Å². The summed E-state index contributed by atoms with van der Waals surface area (Å²) in [4.78, 5) is 16.1. The number of hydrogen-bond acceptors (Lipinski definition) is 4. The Bertz CT molecular complexity index is 430. The van der Waals surface area contributed by atoms with Crippen molar-refractivity contribution in [2.24, 2.45) is 0 Å². The molecule has 0 radical (unpaired) electrons. The lowest BCUT2D eigenvalue weighted by molar-refractivity contribution is -0.132. The first kappa shape index (κ1) is 14.1. The van der Waals surface area contributed by atoms with E-state index in [1.165, 1.54) is 0 Å². The predicted molar refractivity (Wildman–Crippen MR) is 73.8 cm³/mol. The van der Waals surface area contributed by atoms with Crippen molar-refractivity contribution in [1.29, 1.82) is 0 Å². The molecule has 1 saturated heterocycles. The molecule has 0 aromatic carbocycles. The molecular weight excluding hydrogens is 242 g/mol. The molecule has 1 aromatic rings. The Kier molecular flexibility index (Phi) is 4.61. The highest BCUT2D eigenvalue weighted by Gasteiger charge is 2.22. The molecule has 19 heavy (non-hydrogen) atoms. The first-order chi connectivity index (χ1) is 9.06. The third kappa shape index (κ3) is 3.81. The Labute approximate surface area is 114 Å². The minimum Gasteiger partial charge on any atom is -0.464 e. The molecule has 1 fully saturated rings. The van der Waals surface area contributed by atoms with Gasteiger partial charge in [-0.1, -0.05) is 0 Å². The molecule has 0 bridgehead atoms. The lowest BCUT2D eigenvalue weighted by Crippen LogP contribution is -2.52. The smallest absolute Gasteiger partial charge is 0.236 e. The van der Waals surface area contributed by atoms with Crippen molar-refractivity contribution >= 4 is 5.91 Å². The van der Waals surface area contributed by atoms with Crippen LogP contribution in [0, 0.1) is 6.92 Å². The van der Waals surface area contributed by atoms with E-state index >= 15 is 0 Å². The number of rotatable bonds is 4. The Balaban J connectivity index is 1.85. The maximum atomic E-state index is 12.2. The van der Waals surface area contributed by atoms with Crippen LogP contribution in [0.1, 0.15) is 18.4 Å². The topological polar surface area (TPSA) is 48.7 Å². The number of nitrogens with zero attached hydrogens (tertiary/aromatic N) is 2. The van der Waals surface area contributed by atoms with Crippen molar-refractivity contribution in [3.63, 3.8) is 0 Å². The van der Waals surface area contributed by atoms with Crippen LogP contribution in [0.15, 0.2) is 16.5 Å². The number of piperazine rings is 1. The molecule has 0 aliphatic carbocycles. The Morgan fingerprint density at radius 1 is 1.58 bits per heavy atom. The molecule has 0 unspecified atom stereocenters. The van der Waals surface area contributed by atoms with E-state index < -0.39 is 0 Å². The summed E-state index contributed by atoms with van der Waals surface area (Å²) < 4.78 is 5.50. The summed E-state index contributed by atoms with van der Waals surface area (Å²) in [6, 6.07) is 4.26. The van der Waals surface area contributed by atoms with Gasteiger partial charge in [0.05, 0.1) is 13.1 Å². The molecule has 5 nitrogen and oxygen atoms in total. The van der Waals surface area contributed by atoms with Crippen molar-refractivity contribution < 1.29 is 9.21 Å². The quantitative estimate of drug-likeness (QED) is 0.876. The molecule has 0 spiro atoms. The number of carbonyl (C=O) groups is 1. The normalized spacial score (nSPS) is 20.5. The molecule has 1 atom stereocenters. The fraction of sp³-hybridized carbons (Fsp3) is 0.643. The van der Waals surface area contributed by atoms with Crippen LogP contribution in [-0.4, -0.2) is 55.0 Å². The fourth-order valence-electron chi connectivity index (χ4n) is 2.30. The molecule has 1 aliphatic heterocycles. The summed E-state index contributed by atoms with van der Waals surface area (Å²) in [6.07, 6.45) is 0. The zero-order valence-corrected chi connectivity index (χ0v) is 12.0. The van der Waals surface area contributed by atoms with Crippen molar-refractivity contribution in [2.75, 3.05) is 33.2 Å². The van der Waals surface area contributed by atoms with Crippen LogP contribution >= 0.6 is 0 Å². The van der Waals surface area contributed by atoms with E-state index in [-0.39, 0.29) is 5.91 Å². The summed E-state index contributed by atoms with van der Waals surface area (Å²) >= 11 is 0. The van der Waals surface area contributed by atoms with Crippen LogP contribution in [0.25, 0.3) is 0 Å². The van der Waals surface area contributed by atoms with Gasteiger partial charge in [-0.3, -0.25) is 9.69 Å². The number of furan rings is 1. The number of nitrogens with one attached hydrogen (secondary N) is 1. The molecular formula is C14H23N3O2. The zero-order valence-electron chi connectivity index (χ0n) is 12.0. The van der Waals surface area contributed by atoms with Crippen molar-refractivity contribution in [3.05, 3.63) is 23.7 Å². The predicted octanol–water partition coefficient (Wildman–Crippen LogP) is 0.840. The van der Waals surface area contributed by atoms with Crippen LogP contribution in [0.3, 0.4) is 0 Å². The van der Waals surface area contributed by atoms with Crippen LogP contribution in [0.4, 0.5) is 0 Å². The molecule has 1 N–H and O–H groups in total. The van der Waals surface area contributed by atoms with Gasteiger partial charge >= 0.3 is 0 Å². The molecule has 5 heteroatoms. The van der Waals surface area contributed by atoms with E-state index in [2.05, 4.69) is 17.1 Å². The molecule has 1 amide bonds. The second-order valence-corrected chi connectivity index (χ2v) is 5.29. The van der Waals surface area contributed by atoms with Gasteiger partial charge in [-0.15, -0.1) is 0 Å². The van der Waals surface area contributed by atoms with Gasteiger partial charge in [-0.2, -0.15) is 0 Å².